The minimum absolute atomic E-state index is 0.000470. The van der Waals surface area contributed by atoms with E-state index in [4.69, 9.17) is 5.73 Å². The molecule has 0 aliphatic heterocycles. The zero-order valence-electron chi connectivity index (χ0n) is 13.5. The van der Waals surface area contributed by atoms with Gasteiger partial charge in [-0.1, -0.05) is 20.8 Å². The van der Waals surface area contributed by atoms with Crippen molar-refractivity contribution in [3.63, 3.8) is 0 Å². The summed E-state index contributed by atoms with van der Waals surface area (Å²) in [6.07, 6.45) is 4.24. The maximum absolute atomic E-state index is 12.3. The lowest BCUT2D eigenvalue weighted by atomic mass is 9.88. The number of anilines is 1. The highest BCUT2D eigenvalue weighted by Crippen LogP contribution is 2.19. The van der Waals surface area contributed by atoms with Gasteiger partial charge in [0.25, 0.3) is 5.56 Å². The molecule has 0 aliphatic carbocycles. The Kier molecular flexibility index (Phi) is 4.97. The molecule has 0 aromatic carbocycles. The first-order chi connectivity index (χ1) is 9.00. The van der Waals surface area contributed by atoms with Gasteiger partial charge in [0.1, 0.15) is 0 Å². The summed E-state index contributed by atoms with van der Waals surface area (Å²) >= 11 is 0. The zero-order chi connectivity index (χ0) is 15.6. The molecule has 114 valence electrons. The van der Waals surface area contributed by atoms with Crippen LogP contribution < -0.4 is 16.6 Å². The van der Waals surface area contributed by atoms with Crippen LogP contribution in [-0.2, 0) is 5.54 Å². The van der Waals surface area contributed by atoms with E-state index < -0.39 is 0 Å². The van der Waals surface area contributed by atoms with Gasteiger partial charge in [0.15, 0.2) is 5.82 Å². The van der Waals surface area contributed by atoms with Gasteiger partial charge in [-0.15, -0.1) is 0 Å². The normalized spacial score (nSPS) is 14.2. The van der Waals surface area contributed by atoms with Gasteiger partial charge < -0.3 is 15.6 Å². The van der Waals surface area contributed by atoms with Crippen molar-refractivity contribution >= 4 is 5.82 Å². The Balaban J connectivity index is 2.78. The average molecular weight is 280 g/mol. The van der Waals surface area contributed by atoms with E-state index in [0.29, 0.717) is 12.4 Å². The van der Waals surface area contributed by atoms with Gasteiger partial charge in [-0.2, -0.15) is 0 Å². The Morgan fingerprint density at radius 3 is 2.40 bits per heavy atom. The highest BCUT2D eigenvalue weighted by Gasteiger charge is 2.18. The van der Waals surface area contributed by atoms with Crippen molar-refractivity contribution in [2.45, 2.75) is 59.5 Å². The predicted molar refractivity (Wildman–Crippen MR) is 84.0 cm³/mol. The molecule has 0 bridgehead atoms. The summed E-state index contributed by atoms with van der Waals surface area (Å²) in [5.74, 6) is 0.367. The third-order valence-electron chi connectivity index (χ3n) is 2.97. The quantitative estimate of drug-likeness (QED) is 0.886. The van der Waals surface area contributed by atoms with E-state index in [-0.39, 0.29) is 22.6 Å². The van der Waals surface area contributed by atoms with Crippen molar-refractivity contribution in [3.05, 3.63) is 22.7 Å². The molecule has 5 nitrogen and oxygen atoms in total. The first kappa shape index (κ1) is 16.7. The first-order valence-corrected chi connectivity index (χ1v) is 7.08. The molecule has 0 saturated heterocycles. The van der Waals surface area contributed by atoms with Crippen LogP contribution in [0.2, 0.25) is 0 Å². The molecule has 1 aromatic rings. The minimum atomic E-state index is -0.260. The van der Waals surface area contributed by atoms with Crippen LogP contribution in [0, 0.1) is 5.41 Å². The highest BCUT2D eigenvalue weighted by atomic mass is 16.1. The van der Waals surface area contributed by atoms with E-state index in [9.17, 15) is 4.79 Å². The van der Waals surface area contributed by atoms with Crippen LogP contribution >= 0.6 is 0 Å². The third kappa shape index (κ3) is 4.96. The summed E-state index contributed by atoms with van der Waals surface area (Å²) in [6, 6.07) is -0.000470. The Hall–Kier alpha value is -1.36. The fourth-order valence-corrected chi connectivity index (χ4v) is 2.15. The number of nitrogens with one attached hydrogen (secondary N) is 1. The van der Waals surface area contributed by atoms with Crippen LogP contribution in [0.4, 0.5) is 5.82 Å². The number of hydrogen-bond donors (Lipinski definition) is 2. The van der Waals surface area contributed by atoms with Gasteiger partial charge in [-0.05, 0) is 32.6 Å². The van der Waals surface area contributed by atoms with Crippen LogP contribution in [0.3, 0.4) is 0 Å². The summed E-state index contributed by atoms with van der Waals surface area (Å²) in [7, 11) is 0. The van der Waals surface area contributed by atoms with Crippen molar-refractivity contribution in [2.24, 2.45) is 11.1 Å². The second-order valence-electron chi connectivity index (χ2n) is 7.53. The predicted octanol–water partition coefficient (Wildman–Crippen LogP) is 2.17. The lowest BCUT2D eigenvalue weighted by molar-refractivity contribution is 0.344. The van der Waals surface area contributed by atoms with Crippen molar-refractivity contribution < 1.29 is 0 Å². The zero-order valence-corrected chi connectivity index (χ0v) is 13.5. The van der Waals surface area contributed by atoms with Crippen LogP contribution in [0.15, 0.2) is 17.2 Å². The fraction of sp³-hybridized carbons (Fsp3) is 0.733. The van der Waals surface area contributed by atoms with E-state index in [1.54, 1.807) is 17.0 Å². The second kappa shape index (κ2) is 5.95. The van der Waals surface area contributed by atoms with Crippen LogP contribution in [0.25, 0.3) is 0 Å². The van der Waals surface area contributed by atoms with Gasteiger partial charge in [0, 0.05) is 30.5 Å². The number of aromatic nitrogens is 2. The molecule has 0 fully saturated rings. The smallest absolute Gasteiger partial charge is 0.293 e. The second-order valence-corrected chi connectivity index (χ2v) is 7.53. The van der Waals surface area contributed by atoms with E-state index in [1.165, 1.54) is 0 Å². The molecule has 1 atom stereocenters. The average Bonchev–Trinajstić information content (AvgIpc) is 2.23. The van der Waals surface area contributed by atoms with E-state index >= 15 is 0 Å². The van der Waals surface area contributed by atoms with E-state index in [0.717, 1.165) is 6.42 Å². The largest absolute Gasteiger partial charge is 0.364 e. The maximum atomic E-state index is 12.3. The molecule has 1 heterocycles. The SMILES string of the molecule is CC(C)(C)CC(N)CNc1nccn(C(C)(C)C)c1=O. The molecular weight excluding hydrogens is 252 g/mol. The lowest BCUT2D eigenvalue weighted by Gasteiger charge is -2.24. The Bertz CT molecular complexity index is 494. The lowest BCUT2D eigenvalue weighted by Crippen LogP contribution is -2.38. The fourth-order valence-electron chi connectivity index (χ4n) is 2.15. The van der Waals surface area contributed by atoms with Gasteiger partial charge in [0.05, 0.1) is 0 Å². The molecule has 0 saturated carbocycles. The number of nitrogens with two attached hydrogens (primary N) is 1. The third-order valence-corrected chi connectivity index (χ3v) is 2.97. The van der Waals surface area contributed by atoms with Crippen molar-refractivity contribution in [3.8, 4) is 0 Å². The van der Waals surface area contributed by atoms with Crippen molar-refractivity contribution in [1.82, 2.24) is 9.55 Å². The van der Waals surface area contributed by atoms with Gasteiger partial charge in [-0.25, -0.2) is 4.98 Å². The maximum Gasteiger partial charge on any atom is 0.293 e. The first-order valence-electron chi connectivity index (χ1n) is 7.08. The van der Waals surface area contributed by atoms with Gasteiger partial charge in [-0.3, -0.25) is 4.79 Å². The van der Waals surface area contributed by atoms with Gasteiger partial charge in [0.2, 0.25) is 0 Å². The summed E-state index contributed by atoms with van der Waals surface area (Å²) in [4.78, 5) is 16.4. The standard InChI is InChI=1S/C15H28N4O/c1-14(2,3)9-11(16)10-18-12-13(20)19(8-7-17-12)15(4,5)6/h7-8,11H,9-10,16H2,1-6H3,(H,17,18). The Morgan fingerprint density at radius 2 is 1.90 bits per heavy atom. The molecule has 20 heavy (non-hydrogen) atoms. The summed E-state index contributed by atoms with van der Waals surface area (Å²) in [5, 5.41) is 3.08. The summed E-state index contributed by atoms with van der Waals surface area (Å²) in [6.45, 7) is 13.0. The Morgan fingerprint density at radius 1 is 1.30 bits per heavy atom. The molecular formula is C15H28N4O. The van der Waals surface area contributed by atoms with Crippen LogP contribution in [0.5, 0.6) is 0 Å². The molecule has 1 unspecified atom stereocenters. The monoisotopic (exact) mass is 280 g/mol. The molecule has 0 radical (unpaired) electrons. The molecule has 0 amide bonds. The molecule has 0 spiro atoms. The molecule has 1 aromatic heterocycles. The van der Waals surface area contributed by atoms with Crippen molar-refractivity contribution in [2.75, 3.05) is 11.9 Å². The molecule has 1 rings (SSSR count). The topological polar surface area (TPSA) is 72.9 Å². The minimum Gasteiger partial charge on any atom is -0.364 e. The van der Waals surface area contributed by atoms with E-state index in [2.05, 4.69) is 31.1 Å². The Labute approximate surface area is 121 Å². The molecule has 3 N–H and O–H groups in total. The highest BCUT2D eigenvalue weighted by molar-refractivity contribution is 5.31. The van der Waals surface area contributed by atoms with Crippen molar-refractivity contribution in [1.29, 1.82) is 0 Å². The van der Waals surface area contributed by atoms with Crippen LogP contribution in [0.1, 0.15) is 48.0 Å². The molecule has 0 aliphatic rings. The summed E-state index contributed by atoms with van der Waals surface area (Å²) in [5.41, 5.74) is 5.89. The summed E-state index contributed by atoms with van der Waals surface area (Å²) < 4.78 is 1.68. The molecule has 5 heteroatoms. The number of hydrogen-bond acceptors (Lipinski definition) is 4. The van der Waals surface area contributed by atoms with Gasteiger partial charge >= 0.3 is 0 Å². The van der Waals surface area contributed by atoms with Crippen LogP contribution in [-0.4, -0.2) is 22.1 Å². The number of nitrogens with zero attached hydrogens (tertiary/aromatic N) is 2. The van der Waals surface area contributed by atoms with E-state index in [1.807, 2.05) is 20.8 Å². The number of rotatable bonds is 4.